The Bertz CT molecular complexity index is 295. The van der Waals surface area contributed by atoms with Crippen molar-refractivity contribution in [1.82, 2.24) is 10.2 Å². The smallest absolute Gasteiger partial charge is 0.0707 e. The highest BCUT2D eigenvalue weighted by Crippen LogP contribution is 2.27. The van der Waals surface area contributed by atoms with Gasteiger partial charge in [-0.15, -0.1) is 0 Å². The molecule has 1 N–H and O–H groups in total. The SMILES string of the molecule is CC(C)C1CCN(CC2CCC(CNC3CC3)O2)CC1. The molecule has 0 aromatic carbocycles. The monoisotopic (exact) mass is 280 g/mol. The van der Waals surface area contributed by atoms with Gasteiger partial charge in [-0.3, -0.25) is 0 Å². The molecular formula is C17H32N2O. The van der Waals surface area contributed by atoms with Crippen LogP contribution in [0.2, 0.25) is 0 Å². The molecule has 0 aromatic rings. The molecule has 2 aliphatic heterocycles. The summed E-state index contributed by atoms with van der Waals surface area (Å²) in [5.74, 6) is 1.81. The van der Waals surface area contributed by atoms with E-state index in [9.17, 15) is 0 Å². The highest BCUT2D eigenvalue weighted by Gasteiger charge is 2.30. The Morgan fingerprint density at radius 3 is 2.35 bits per heavy atom. The average molecular weight is 280 g/mol. The van der Waals surface area contributed by atoms with Crippen LogP contribution in [0.25, 0.3) is 0 Å². The van der Waals surface area contributed by atoms with Gasteiger partial charge in [0, 0.05) is 19.1 Å². The van der Waals surface area contributed by atoms with Crippen molar-refractivity contribution in [1.29, 1.82) is 0 Å². The zero-order chi connectivity index (χ0) is 13.9. The fraction of sp³-hybridized carbons (Fsp3) is 1.00. The number of likely N-dealkylation sites (tertiary alicyclic amines) is 1. The number of nitrogens with zero attached hydrogens (tertiary/aromatic N) is 1. The predicted octanol–water partition coefficient (Wildman–Crippen LogP) is 2.65. The van der Waals surface area contributed by atoms with Gasteiger partial charge >= 0.3 is 0 Å². The molecule has 0 spiro atoms. The standard InChI is InChI=1S/C17H32N2O/c1-13(2)14-7-9-19(10-8-14)12-17-6-5-16(20-17)11-18-15-3-4-15/h13-18H,3-12H2,1-2H3. The molecule has 3 heteroatoms. The topological polar surface area (TPSA) is 24.5 Å². The van der Waals surface area contributed by atoms with Crippen LogP contribution < -0.4 is 5.32 Å². The fourth-order valence-electron chi connectivity index (χ4n) is 3.74. The lowest BCUT2D eigenvalue weighted by atomic mass is 9.86. The molecule has 2 unspecified atom stereocenters. The van der Waals surface area contributed by atoms with Crippen molar-refractivity contribution in [2.45, 2.75) is 70.6 Å². The van der Waals surface area contributed by atoms with Gasteiger partial charge in [0.05, 0.1) is 12.2 Å². The van der Waals surface area contributed by atoms with E-state index in [0.29, 0.717) is 12.2 Å². The van der Waals surface area contributed by atoms with Crippen LogP contribution in [0, 0.1) is 11.8 Å². The highest BCUT2D eigenvalue weighted by molar-refractivity contribution is 4.85. The van der Waals surface area contributed by atoms with Gasteiger partial charge < -0.3 is 15.0 Å². The van der Waals surface area contributed by atoms with Crippen LogP contribution in [0.5, 0.6) is 0 Å². The number of ether oxygens (including phenoxy) is 1. The van der Waals surface area contributed by atoms with Crippen molar-refractivity contribution >= 4 is 0 Å². The summed E-state index contributed by atoms with van der Waals surface area (Å²) in [6.45, 7) is 9.57. The third kappa shape index (κ3) is 4.19. The second kappa shape index (κ2) is 6.76. The highest BCUT2D eigenvalue weighted by atomic mass is 16.5. The molecular weight excluding hydrogens is 248 g/mol. The number of piperidine rings is 1. The van der Waals surface area contributed by atoms with E-state index >= 15 is 0 Å². The molecule has 2 saturated heterocycles. The Kier molecular flexibility index (Phi) is 5.00. The summed E-state index contributed by atoms with van der Waals surface area (Å²) in [6.07, 6.45) is 9.02. The largest absolute Gasteiger partial charge is 0.372 e. The molecule has 0 amide bonds. The summed E-state index contributed by atoms with van der Waals surface area (Å²) in [4.78, 5) is 2.64. The number of nitrogens with one attached hydrogen (secondary N) is 1. The normalized spacial score (nSPS) is 33.1. The van der Waals surface area contributed by atoms with Crippen LogP contribution in [0.3, 0.4) is 0 Å². The molecule has 3 aliphatic rings. The Morgan fingerprint density at radius 1 is 1.00 bits per heavy atom. The lowest BCUT2D eigenvalue weighted by molar-refractivity contribution is 0.0148. The minimum absolute atomic E-state index is 0.480. The van der Waals surface area contributed by atoms with Crippen molar-refractivity contribution in [2.75, 3.05) is 26.2 Å². The first-order valence-electron chi connectivity index (χ1n) is 8.82. The van der Waals surface area contributed by atoms with Gasteiger partial charge in [-0.05, 0) is 63.5 Å². The Balaban J connectivity index is 1.32. The van der Waals surface area contributed by atoms with Crippen LogP contribution in [-0.4, -0.2) is 49.3 Å². The van der Waals surface area contributed by atoms with Crippen molar-refractivity contribution in [3.05, 3.63) is 0 Å². The Morgan fingerprint density at radius 2 is 1.70 bits per heavy atom. The number of hydrogen-bond donors (Lipinski definition) is 1. The van der Waals surface area contributed by atoms with E-state index in [-0.39, 0.29) is 0 Å². The summed E-state index contributed by atoms with van der Waals surface area (Å²) >= 11 is 0. The van der Waals surface area contributed by atoms with Crippen LogP contribution in [0.15, 0.2) is 0 Å². The molecule has 3 rings (SSSR count). The van der Waals surface area contributed by atoms with Crippen LogP contribution in [0.1, 0.15) is 52.4 Å². The Labute approximate surface area is 124 Å². The summed E-state index contributed by atoms with van der Waals surface area (Å²) in [6, 6.07) is 0.813. The molecule has 0 aromatic heterocycles. The lowest BCUT2D eigenvalue weighted by Gasteiger charge is -2.35. The number of rotatable bonds is 6. The van der Waals surface area contributed by atoms with Gasteiger partial charge in [0.25, 0.3) is 0 Å². The van der Waals surface area contributed by atoms with Crippen molar-refractivity contribution in [3.63, 3.8) is 0 Å². The second-order valence-corrected chi connectivity index (χ2v) is 7.52. The molecule has 0 radical (unpaired) electrons. The average Bonchev–Trinajstić information content (AvgIpc) is 3.17. The summed E-state index contributed by atoms with van der Waals surface area (Å²) < 4.78 is 6.21. The van der Waals surface area contributed by atoms with Crippen molar-refractivity contribution in [2.24, 2.45) is 11.8 Å². The van der Waals surface area contributed by atoms with E-state index in [4.69, 9.17) is 4.74 Å². The summed E-state index contributed by atoms with van der Waals surface area (Å²) in [5.41, 5.74) is 0. The van der Waals surface area contributed by atoms with E-state index in [1.54, 1.807) is 0 Å². The Hall–Kier alpha value is -0.120. The number of hydrogen-bond acceptors (Lipinski definition) is 3. The third-order valence-corrected chi connectivity index (χ3v) is 5.44. The van der Waals surface area contributed by atoms with Crippen LogP contribution >= 0.6 is 0 Å². The second-order valence-electron chi connectivity index (χ2n) is 7.52. The van der Waals surface area contributed by atoms with Crippen molar-refractivity contribution < 1.29 is 4.74 Å². The molecule has 3 nitrogen and oxygen atoms in total. The summed E-state index contributed by atoms with van der Waals surface area (Å²) in [5, 5.41) is 3.60. The zero-order valence-electron chi connectivity index (χ0n) is 13.3. The van der Waals surface area contributed by atoms with Gasteiger partial charge in [0.15, 0.2) is 0 Å². The third-order valence-electron chi connectivity index (χ3n) is 5.44. The first-order chi connectivity index (χ1) is 9.70. The molecule has 1 aliphatic carbocycles. The summed E-state index contributed by atoms with van der Waals surface area (Å²) in [7, 11) is 0. The lowest BCUT2D eigenvalue weighted by Crippen LogP contribution is -2.40. The van der Waals surface area contributed by atoms with Gasteiger partial charge in [-0.25, -0.2) is 0 Å². The van der Waals surface area contributed by atoms with Crippen LogP contribution in [0.4, 0.5) is 0 Å². The fourth-order valence-corrected chi connectivity index (χ4v) is 3.74. The molecule has 20 heavy (non-hydrogen) atoms. The molecule has 2 atom stereocenters. The van der Waals surface area contributed by atoms with Gasteiger partial charge in [0.1, 0.15) is 0 Å². The van der Waals surface area contributed by atoms with Crippen LogP contribution in [-0.2, 0) is 4.74 Å². The maximum absolute atomic E-state index is 6.21. The molecule has 116 valence electrons. The maximum Gasteiger partial charge on any atom is 0.0707 e. The molecule has 3 fully saturated rings. The van der Waals surface area contributed by atoms with E-state index in [0.717, 1.165) is 24.4 Å². The minimum Gasteiger partial charge on any atom is -0.372 e. The minimum atomic E-state index is 0.480. The maximum atomic E-state index is 6.21. The van der Waals surface area contributed by atoms with E-state index < -0.39 is 0 Å². The first kappa shape index (κ1) is 14.8. The predicted molar refractivity (Wildman–Crippen MR) is 82.9 cm³/mol. The molecule has 0 bridgehead atoms. The molecule has 1 saturated carbocycles. The van der Waals surface area contributed by atoms with Gasteiger partial charge in [0.2, 0.25) is 0 Å². The van der Waals surface area contributed by atoms with Gasteiger partial charge in [-0.1, -0.05) is 13.8 Å². The van der Waals surface area contributed by atoms with E-state index in [1.807, 2.05) is 0 Å². The zero-order valence-corrected chi connectivity index (χ0v) is 13.3. The van der Waals surface area contributed by atoms with Gasteiger partial charge in [-0.2, -0.15) is 0 Å². The van der Waals surface area contributed by atoms with E-state index in [1.165, 1.54) is 58.2 Å². The van der Waals surface area contributed by atoms with Crippen molar-refractivity contribution in [3.8, 4) is 0 Å². The quantitative estimate of drug-likeness (QED) is 0.809. The van der Waals surface area contributed by atoms with E-state index in [2.05, 4.69) is 24.1 Å². The molecule has 2 heterocycles. The first-order valence-corrected chi connectivity index (χ1v) is 8.82.